The molecule has 0 heterocycles. The van der Waals surface area contributed by atoms with Gasteiger partial charge in [0.15, 0.2) is 0 Å². The monoisotopic (exact) mass is 225 g/mol. The van der Waals surface area contributed by atoms with Gasteiger partial charge < -0.3 is 5.32 Å². The van der Waals surface area contributed by atoms with Crippen molar-refractivity contribution in [2.24, 2.45) is 0 Å². The molecule has 0 unspecified atom stereocenters. The minimum absolute atomic E-state index is 0.827. The van der Waals surface area contributed by atoms with Gasteiger partial charge in [0, 0.05) is 5.02 Å². The van der Waals surface area contributed by atoms with E-state index in [1.54, 1.807) is 0 Å². The van der Waals surface area contributed by atoms with Gasteiger partial charge in [-0.3, -0.25) is 0 Å². The summed E-state index contributed by atoms with van der Waals surface area (Å²) in [5, 5.41) is 3.99. The van der Waals surface area contributed by atoms with E-state index in [9.17, 15) is 0 Å². The summed E-state index contributed by atoms with van der Waals surface area (Å²) in [5.74, 6) is 0. The largest absolute Gasteiger partial charge is 0.320 e. The van der Waals surface area contributed by atoms with Crippen molar-refractivity contribution in [3.8, 4) is 0 Å². The molecule has 1 nitrogen and oxygen atoms in total. The molecule has 1 N–H and O–H groups in total. The van der Waals surface area contributed by atoms with Crippen LogP contribution in [0.5, 0.6) is 0 Å². The lowest BCUT2D eigenvalue weighted by atomic mass is 10.1. The predicted octanol–water partition coefficient (Wildman–Crippen LogP) is 3.66. The van der Waals surface area contributed by atoms with E-state index in [0.29, 0.717) is 0 Å². The molecule has 1 aromatic carbocycles. The molecule has 84 valence electrons. The topological polar surface area (TPSA) is 12.0 Å². The maximum absolute atomic E-state index is 5.82. The van der Waals surface area contributed by atoms with Crippen LogP contribution in [-0.4, -0.2) is 13.6 Å². The number of nitrogens with one attached hydrogen (secondary N) is 1. The quantitative estimate of drug-likeness (QED) is 0.699. The van der Waals surface area contributed by atoms with Crippen LogP contribution in [-0.2, 0) is 6.42 Å². The molecule has 0 aliphatic rings. The third-order valence-corrected chi connectivity index (χ3v) is 2.81. The average molecular weight is 226 g/mol. The third kappa shape index (κ3) is 5.81. The Kier molecular flexibility index (Phi) is 6.45. The molecular weight excluding hydrogens is 206 g/mol. The van der Waals surface area contributed by atoms with E-state index in [0.717, 1.165) is 11.6 Å². The summed E-state index contributed by atoms with van der Waals surface area (Å²) in [5.41, 5.74) is 1.40. The number of aryl methyl sites for hydroxylation is 1. The molecule has 0 radical (unpaired) electrons. The Morgan fingerprint density at radius 1 is 1.00 bits per heavy atom. The predicted molar refractivity (Wildman–Crippen MR) is 67.6 cm³/mol. The first-order valence-electron chi connectivity index (χ1n) is 5.72. The first-order valence-corrected chi connectivity index (χ1v) is 6.10. The van der Waals surface area contributed by atoms with Crippen LogP contribution in [0.25, 0.3) is 0 Å². The summed E-state index contributed by atoms with van der Waals surface area (Å²) in [6, 6.07) is 8.18. The maximum atomic E-state index is 5.82. The zero-order valence-electron chi connectivity index (χ0n) is 9.43. The lowest BCUT2D eigenvalue weighted by Gasteiger charge is -2.02. The first-order chi connectivity index (χ1) is 7.33. The highest BCUT2D eigenvalue weighted by Crippen LogP contribution is 2.12. The summed E-state index contributed by atoms with van der Waals surface area (Å²) in [4.78, 5) is 0. The van der Waals surface area contributed by atoms with E-state index in [1.807, 2.05) is 19.2 Å². The summed E-state index contributed by atoms with van der Waals surface area (Å²) >= 11 is 5.82. The Balaban J connectivity index is 2.07. The molecule has 1 aromatic rings. The van der Waals surface area contributed by atoms with Crippen LogP contribution < -0.4 is 5.32 Å². The van der Waals surface area contributed by atoms with Gasteiger partial charge in [-0.05, 0) is 50.6 Å². The number of unbranched alkanes of at least 4 members (excludes halogenated alkanes) is 3. The van der Waals surface area contributed by atoms with Gasteiger partial charge in [-0.1, -0.05) is 36.6 Å². The van der Waals surface area contributed by atoms with Gasteiger partial charge in [0.2, 0.25) is 0 Å². The minimum atomic E-state index is 0.827. The molecule has 0 spiro atoms. The standard InChI is InChI=1S/C13H20ClN/c1-15-11-5-3-2-4-6-12-7-9-13(14)10-8-12/h7-10,15H,2-6,11H2,1H3. The second kappa shape index (κ2) is 7.72. The van der Waals surface area contributed by atoms with Crippen molar-refractivity contribution < 1.29 is 0 Å². The Morgan fingerprint density at radius 3 is 2.33 bits per heavy atom. The Labute approximate surface area is 97.8 Å². The molecule has 15 heavy (non-hydrogen) atoms. The van der Waals surface area contributed by atoms with Crippen LogP contribution in [0.15, 0.2) is 24.3 Å². The van der Waals surface area contributed by atoms with Crippen LogP contribution >= 0.6 is 11.6 Å². The van der Waals surface area contributed by atoms with Crippen LogP contribution in [0, 0.1) is 0 Å². The lowest BCUT2D eigenvalue weighted by Crippen LogP contribution is -2.06. The lowest BCUT2D eigenvalue weighted by molar-refractivity contribution is 0.616. The SMILES string of the molecule is CNCCCCCCc1ccc(Cl)cc1. The number of hydrogen-bond acceptors (Lipinski definition) is 1. The zero-order chi connectivity index (χ0) is 10.9. The fourth-order valence-electron chi connectivity index (χ4n) is 1.64. The second-order valence-electron chi connectivity index (χ2n) is 3.89. The van der Waals surface area contributed by atoms with Gasteiger partial charge in [-0.2, -0.15) is 0 Å². The molecule has 2 heteroatoms. The minimum Gasteiger partial charge on any atom is -0.320 e. The number of rotatable bonds is 7. The van der Waals surface area contributed by atoms with Gasteiger partial charge in [0.05, 0.1) is 0 Å². The molecule has 0 atom stereocenters. The molecule has 0 aromatic heterocycles. The third-order valence-electron chi connectivity index (χ3n) is 2.56. The van der Waals surface area contributed by atoms with Crippen molar-refractivity contribution in [2.75, 3.05) is 13.6 Å². The van der Waals surface area contributed by atoms with Crippen molar-refractivity contribution in [3.63, 3.8) is 0 Å². The van der Waals surface area contributed by atoms with Crippen LogP contribution in [0.3, 0.4) is 0 Å². The molecule has 0 saturated heterocycles. The Morgan fingerprint density at radius 2 is 1.67 bits per heavy atom. The normalized spacial score (nSPS) is 10.5. The number of halogens is 1. The highest BCUT2D eigenvalue weighted by atomic mass is 35.5. The summed E-state index contributed by atoms with van der Waals surface area (Å²) in [7, 11) is 2.01. The van der Waals surface area contributed by atoms with Crippen LogP contribution in [0.2, 0.25) is 5.02 Å². The molecule has 0 aliphatic heterocycles. The molecule has 0 saturated carbocycles. The fourth-order valence-corrected chi connectivity index (χ4v) is 1.76. The first kappa shape index (κ1) is 12.5. The summed E-state index contributed by atoms with van der Waals surface area (Å²) in [6.07, 6.45) is 6.40. The van der Waals surface area contributed by atoms with Gasteiger partial charge >= 0.3 is 0 Å². The molecular formula is C13H20ClN. The van der Waals surface area contributed by atoms with Gasteiger partial charge in [0.1, 0.15) is 0 Å². The van der Waals surface area contributed by atoms with Crippen molar-refractivity contribution in [1.29, 1.82) is 0 Å². The van der Waals surface area contributed by atoms with E-state index >= 15 is 0 Å². The number of hydrogen-bond donors (Lipinski definition) is 1. The smallest absolute Gasteiger partial charge is 0.0406 e. The van der Waals surface area contributed by atoms with Crippen molar-refractivity contribution in [1.82, 2.24) is 5.32 Å². The highest BCUT2D eigenvalue weighted by molar-refractivity contribution is 6.30. The van der Waals surface area contributed by atoms with Crippen molar-refractivity contribution >= 4 is 11.6 Å². The molecule has 0 bridgehead atoms. The molecule has 0 fully saturated rings. The fraction of sp³-hybridized carbons (Fsp3) is 0.538. The number of benzene rings is 1. The summed E-state index contributed by atoms with van der Waals surface area (Å²) < 4.78 is 0. The van der Waals surface area contributed by atoms with Gasteiger partial charge in [-0.25, -0.2) is 0 Å². The second-order valence-corrected chi connectivity index (χ2v) is 4.33. The van der Waals surface area contributed by atoms with Gasteiger partial charge in [0.25, 0.3) is 0 Å². The van der Waals surface area contributed by atoms with E-state index in [2.05, 4.69) is 17.4 Å². The zero-order valence-corrected chi connectivity index (χ0v) is 10.2. The van der Waals surface area contributed by atoms with E-state index in [1.165, 1.54) is 37.7 Å². The average Bonchev–Trinajstić information content (AvgIpc) is 2.26. The molecule has 0 aliphatic carbocycles. The van der Waals surface area contributed by atoms with Crippen LogP contribution in [0.4, 0.5) is 0 Å². The van der Waals surface area contributed by atoms with E-state index in [-0.39, 0.29) is 0 Å². The molecule has 1 rings (SSSR count). The highest BCUT2D eigenvalue weighted by Gasteiger charge is 1.94. The summed E-state index contributed by atoms with van der Waals surface area (Å²) in [6.45, 7) is 1.14. The van der Waals surface area contributed by atoms with Crippen molar-refractivity contribution in [3.05, 3.63) is 34.9 Å². The van der Waals surface area contributed by atoms with E-state index < -0.39 is 0 Å². The Bertz CT molecular complexity index is 256. The van der Waals surface area contributed by atoms with Crippen molar-refractivity contribution in [2.45, 2.75) is 32.1 Å². The van der Waals surface area contributed by atoms with E-state index in [4.69, 9.17) is 11.6 Å². The maximum Gasteiger partial charge on any atom is 0.0406 e. The van der Waals surface area contributed by atoms with Crippen LogP contribution in [0.1, 0.15) is 31.2 Å². The van der Waals surface area contributed by atoms with Gasteiger partial charge in [-0.15, -0.1) is 0 Å². The molecule has 0 amide bonds. The Hall–Kier alpha value is -0.530.